The second-order valence-electron chi connectivity index (χ2n) is 5.32. The maximum atomic E-state index is 8.94. The van der Waals surface area contributed by atoms with Crippen LogP contribution in [0.2, 0.25) is 5.02 Å². The van der Waals surface area contributed by atoms with Crippen molar-refractivity contribution in [1.82, 2.24) is 5.32 Å². The third-order valence-corrected chi connectivity index (χ3v) is 3.36. The van der Waals surface area contributed by atoms with Crippen LogP contribution >= 0.6 is 11.6 Å². The van der Waals surface area contributed by atoms with E-state index >= 15 is 0 Å². The van der Waals surface area contributed by atoms with Crippen molar-refractivity contribution >= 4 is 11.6 Å². The van der Waals surface area contributed by atoms with Crippen molar-refractivity contribution < 1.29 is 5.11 Å². The van der Waals surface area contributed by atoms with Gasteiger partial charge in [-0.3, -0.25) is 0 Å². The number of halogens is 1. The molecule has 0 aliphatic carbocycles. The van der Waals surface area contributed by atoms with Crippen molar-refractivity contribution in [3.05, 3.63) is 34.3 Å². The minimum Gasteiger partial charge on any atom is -0.396 e. The Balaban J connectivity index is 2.43. The van der Waals surface area contributed by atoms with E-state index in [0.29, 0.717) is 0 Å². The highest BCUT2D eigenvalue weighted by atomic mass is 35.5. The van der Waals surface area contributed by atoms with E-state index in [-0.39, 0.29) is 12.0 Å². The van der Waals surface area contributed by atoms with Crippen LogP contribution in [0.5, 0.6) is 0 Å². The van der Waals surface area contributed by atoms with E-state index in [4.69, 9.17) is 16.7 Å². The number of aryl methyl sites for hydroxylation is 1. The summed E-state index contributed by atoms with van der Waals surface area (Å²) in [5.41, 5.74) is 2.43. The van der Waals surface area contributed by atoms with Gasteiger partial charge in [0.05, 0.1) is 0 Å². The Morgan fingerprint density at radius 3 is 2.65 bits per heavy atom. The van der Waals surface area contributed by atoms with Crippen molar-refractivity contribution in [3.8, 4) is 0 Å². The molecule has 0 saturated carbocycles. The number of aliphatic hydroxyl groups is 1. The Bertz CT molecular complexity index is 363. The number of nitrogens with one attached hydrogen (secondary N) is 1. The van der Waals surface area contributed by atoms with Gasteiger partial charge in [-0.1, -0.05) is 37.6 Å². The Hall–Kier alpha value is -0.570. The first-order chi connectivity index (χ1) is 7.94. The molecule has 0 atom stereocenters. The average Bonchev–Trinajstić information content (AvgIpc) is 2.23. The number of benzene rings is 1. The average molecular weight is 256 g/mol. The molecular formula is C14H22ClNO. The first kappa shape index (κ1) is 14.5. The molecule has 0 aromatic heterocycles. The Kier molecular flexibility index (Phi) is 5.44. The number of hydrogen-bond acceptors (Lipinski definition) is 2. The summed E-state index contributed by atoms with van der Waals surface area (Å²) >= 11 is 6.07. The Morgan fingerprint density at radius 2 is 2.06 bits per heavy atom. The van der Waals surface area contributed by atoms with Gasteiger partial charge in [-0.05, 0) is 36.0 Å². The lowest BCUT2D eigenvalue weighted by atomic mass is 9.90. The standard InChI is InChI=1S/C14H22ClNO/c1-11-4-5-12(8-13(11)15)9-16-10-14(2,3)6-7-17/h4-5,8,16-17H,6-7,9-10H2,1-3H3. The van der Waals surface area contributed by atoms with Crippen LogP contribution in [-0.4, -0.2) is 18.3 Å². The zero-order valence-corrected chi connectivity index (χ0v) is 11.6. The minimum absolute atomic E-state index is 0.128. The molecule has 17 heavy (non-hydrogen) atoms. The largest absolute Gasteiger partial charge is 0.396 e. The van der Waals surface area contributed by atoms with Crippen molar-refractivity contribution in [2.75, 3.05) is 13.2 Å². The summed E-state index contributed by atoms with van der Waals surface area (Å²) < 4.78 is 0. The molecule has 1 aromatic rings. The summed E-state index contributed by atoms with van der Waals surface area (Å²) in [5, 5.41) is 13.2. The molecule has 0 saturated heterocycles. The van der Waals surface area contributed by atoms with Gasteiger partial charge in [0.25, 0.3) is 0 Å². The lowest BCUT2D eigenvalue weighted by Crippen LogP contribution is -2.29. The van der Waals surface area contributed by atoms with Gasteiger partial charge in [0.15, 0.2) is 0 Å². The van der Waals surface area contributed by atoms with Gasteiger partial charge in [0, 0.05) is 24.7 Å². The van der Waals surface area contributed by atoms with E-state index < -0.39 is 0 Å². The van der Waals surface area contributed by atoms with E-state index in [9.17, 15) is 0 Å². The molecule has 0 unspecified atom stereocenters. The molecule has 0 amide bonds. The summed E-state index contributed by atoms with van der Waals surface area (Å²) in [7, 11) is 0. The minimum atomic E-state index is 0.128. The highest BCUT2D eigenvalue weighted by molar-refractivity contribution is 6.31. The number of rotatable bonds is 6. The van der Waals surface area contributed by atoms with Crippen LogP contribution in [0, 0.1) is 12.3 Å². The van der Waals surface area contributed by atoms with Crippen LogP contribution in [0.4, 0.5) is 0 Å². The molecular weight excluding hydrogens is 234 g/mol. The summed E-state index contributed by atoms with van der Waals surface area (Å²) in [5.74, 6) is 0. The van der Waals surface area contributed by atoms with Gasteiger partial charge >= 0.3 is 0 Å². The number of hydrogen-bond donors (Lipinski definition) is 2. The van der Waals surface area contributed by atoms with Crippen LogP contribution in [0.1, 0.15) is 31.4 Å². The topological polar surface area (TPSA) is 32.3 Å². The second kappa shape index (κ2) is 6.39. The molecule has 0 aliphatic rings. The van der Waals surface area contributed by atoms with Gasteiger partial charge < -0.3 is 10.4 Å². The van der Waals surface area contributed by atoms with Crippen LogP contribution in [0.25, 0.3) is 0 Å². The Labute approximate surface area is 109 Å². The molecule has 96 valence electrons. The van der Waals surface area contributed by atoms with Crippen LogP contribution in [0.3, 0.4) is 0 Å². The van der Waals surface area contributed by atoms with E-state index in [2.05, 4.69) is 25.2 Å². The van der Waals surface area contributed by atoms with Crippen LogP contribution in [0.15, 0.2) is 18.2 Å². The predicted octanol–water partition coefficient (Wildman–Crippen LogP) is 3.15. The monoisotopic (exact) mass is 255 g/mol. The SMILES string of the molecule is Cc1ccc(CNCC(C)(C)CCO)cc1Cl. The fourth-order valence-corrected chi connectivity index (χ4v) is 1.89. The zero-order valence-electron chi connectivity index (χ0n) is 10.9. The van der Waals surface area contributed by atoms with Crippen molar-refractivity contribution in [3.63, 3.8) is 0 Å². The predicted molar refractivity (Wildman–Crippen MR) is 73.4 cm³/mol. The molecule has 0 heterocycles. The first-order valence-corrected chi connectivity index (χ1v) is 6.39. The van der Waals surface area contributed by atoms with E-state index in [1.54, 1.807) is 0 Å². The van der Waals surface area contributed by atoms with Crippen LogP contribution in [-0.2, 0) is 6.54 Å². The van der Waals surface area contributed by atoms with Gasteiger partial charge in [-0.2, -0.15) is 0 Å². The molecule has 2 N–H and O–H groups in total. The van der Waals surface area contributed by atoms with Gasteiger partial charge in [0.1, 0.15) is 0 Å². The van der Waals surface area contributed by atoms with Crippen molar-refractivity contribution in [2.24, 2.45) is 5.41 Å². The first-order valence-electron chi connectivity index (χ1n) is 6.01. The molecule has 0 aliphatic heterocycles. The maximum Gasteiger partial charge on any atom is 0.0438 e. The lowest BCUT2D eigenvalue weighted by molar-refractivity contribution is 0.207. The van der Waals surface area contributed by atoms with Gasteiger partial charge in [-0.25, -0.2) is 0 Å². The molecule has 2 nitrogen and oxygen atoms in total. The molecule has 3 heteroatoms. The van der Waals surface area contributed by atoms with Crippen LogP contribution < -0.4 is 5.32 Å². The molecule has 0 radical (unpaired) electrons. The zero-order chi connectivity index (χ0) is 12.9. The second-order valence-corrected chi connectivity index (χ2v) is 5.73. The smallest absolute Gasteiger partial charge is 0.0438 e. The van der Waals surface area contributed by atoms with E-state index in [1.807, 2.05) is 19.1 Å². The summed E-state index contributed by atoms with van der Waals surface area (Å²) in [6, 6.07) is 6.13. The molecule has 1 rings (SSSR count). The third-order valence-electron chi connectivity index (χ3n) is 2.96. The molecule has 0 fully saturated rings. The summed E-state index contributed by atoms with van der Waals surface area (Å²) in [6.07, 6.45) is 0.814. The highest BCUT2D eigenvalue weighted by Gasteiger charge is 2.16. The van der Waals surface area contributed by atoms with Crippen molar-refractivity contribution in [1.29, 1.82) is 0 Å². The summed E-state index contributed by atoms with van der Waals surface area (Å²) in [4.78, 5) is 0. The molecule has 1 aromatic carbocycles. The fourth-order valence-electron chi connectivity index (χ4n) is 1.68. The molecule has 0 bridgehead atoms. The van der Waals surface area contributed by atoms with Gasteiger partial charge in [0.2, 0.25) is 0 Å². The number of aliphatic hydroxyl groups excluding tert-OH is 1. The quantitative estimate of drug-likeness (QED) is 0.819. The van der Waals surface area contributed by atoms with E-state index in [1.165, 1.54) is 5.56 Å². The third kappa shape index (κ3) is 5.07. The lowest BCUT2D eigenvalue weighted by Gasteiger charge is -2.24. The molecule has 0 spiro atoms. The highest BCUT2D eigenvalue weighted by Crippen LogP contribution is 2.19. The maximum absolute atomic E-state index is 8.94. The van der Waals surface area contributed by atoms with E-state index in [0.717, 1.165) is 30.1 Å². The van der Waals surface area contributed by atoms with Gasteiger partial charge in [-0.15, -0.1) is 0 Å². The summed E-state index contributed by atoms with van der Waals surface area (Å²) in [6.45, 7) is 8.25. The fraction of sp³-hybridized carbons (Fsp3) is 0.571. The normalized spacial score (nSPS) is 11.8. The van der Waals surface area contributed by atoms with Crippen molar-refractivity contribution in [2.45, 2.75) is 33.7 Å². The Morgan fingerprint density at radius 1 is 1.35 bits per heavy atom.